The molecule has 2 heterocycles. The highest BCUT2D eigenvalue weighted by molar-refractivity contribution is 7.00. The maximum absolute atomic E-state index is 13.2. The number of benzene rings is 6. The summed E-state index contributed by atoms with van der Waals surface area (Å²) in [7, 11) is -10.1. The molecule has 426 valence electrons. The Balaban J connectivity index is 1.27. The first kappa shape index (κ1) is 60.9. The Kier molecular flexibility index (Phi) is 19.4. The molecular formula is C65H83NO11Si3. The van der Waals surface area contributed by atoms with Crippen molar-refractivity contribution in [2.45, 2.75) is 146 Å². The van der Waals surface area contributed by atoms with Gasteiger partial charge in [-0.05, 0) is 46.2 Å². The van der Waals surface area contributed by atoms with Gasteiger partial charge in [0.25, 0.3) is 25.0 Å². The highest BCUT2D eigenvalue weighted by Crippen LogP contribution is 2.43. The van der Waals surface area contributed by atoms with Crippen molar-refractivity contribution in [2.24, 2.45) is 0 Å². The molecular weight excluding hydrogens is 1050 g/mol. The molecule has 10 atom stereocenters. The van der Waals surface area contributed by atoms with Crippen LogP contribution in [0.3, 0.4) is 0 Å². The summed E-state index contributed by atoms with van der Waals surface area (Å²) in [4.78, 5) is 13.1. The van der Waals surface area contributed by atoms with Crippen LogP contribution < -0.4 is 36.4 Å². The van der Waals surface area contributed by atoms with E-state index in [0.717, 1.165) is 31.1 Å². The molecule has 12 nitrogen and oxygen atoms in total. The fourth-order valence-electron chi connectivity index (χ4n) is 12.2. The largest absolute Gasteiger partial charge is 0.405 e. The molecule has 0 bridgehead atoms. The summed E-state index contributed by atoms with van der Waals surface area (Å²) >= 11 is 0. The molecule has 0 saturated carbocycles. The van der Waals surface area contributed by atoms with Gasteiger partial charge in [0.1, 0.15) is 48.8 Å². The molecule has 80 heavy (non-hydrogen) atoms. The number of ether oxygens (including phenoxy) is 4. The van der Waals surface area contributed by atoms with Crippen molar-refractivity contribution >= 4 is 62.0 Å². The molecule has 2 aliphatic heterocycles. The molecule has 6 aromatic rings. The number of carbonyl (C=O) groups is 1. The van der Waals surface area contributed by atoms with Crippen molar-refractivity contribution in [1.29, 1.82) is 0 Å². The van der Waals surface area contributed by atoms with Crippen LogP contribution in [0.15, 0.2) is 195 Å². The first-order valence-electron chi connectivity index (χ1n) is 27.9. The first-order valence-corrected chi connectivity index (χ1v) is 33.6. The fourth-order valence-corrected chi connectivity index (χ4v) is 26.0. The average molecular weight is 1140 g/mol. The van der Waals surface area contributed by atoms with Crippen molar-refractivity contribution in [3.05, 3.63) is 195 Å². The van der Waals surface area contributed by atoms with E-state index in [1.165, 1.54) is 6.92 Å². The van der Waals surface area contributed by atoms with Gasteiger partial charge in [0, 0.05) is 6.92 Å². The molecule has 0 spiro atoms. The topological polar surface area (TPSA) is 154 Å². The smallest absolute Gasteiger partial charge is 0.261 e. The fraction of sp³-hybridized carbons (Fsp3) is 0.400. The predicted octanol–water partition coefficient (Wildman–Crippen LogP) is 6.71. The van der Waals surface area contributed by atoms with Crippen LogP contribution in [0.2, 0.25) is 15.1 Å². The van der Waals surface area contributed by atoms with E-state index in [-0.39, 0.29) is 19.8 Å². The summed E-state index contributed by atoms with van der Waals surface area (Å²) in [5.41, 5.74) is 0. The maximum atomic E-state index is 13.2. The highest BCUT2D eigenvalue weighted by Gasteiger charge is 2.60. The monoisotopic (exact) mass is 1140 g/mol. The van der Waals surface area contributed by atoms with Crippen molar-refractivity contribution in [2.75, 3.05) is 19.8 Å². The Labute approximate surface area is 477 Å². The van der Waals surface area contributed by atoms with E-state index in [1.807, 2.05) is 109 Å². The number of amides is 1. The lowest BCUT2D eigenvalue weighted by atomic mass is 9.95. The van der Waals surface area contributed by atoms with Crippen LogP contribution in [0.25, 0.3) is 0 Å². The van der Waals surface area contributed by atoms with E-state index >= 15 is 0 Å². The SMILES string of the molecule is C=CCO[C@@H]1O[C@H](CO[Si](c2ccccc2)(c2ccccc2)C(C)(C)C)[C@@H](O[C@@H]2O[C@H](CO[Si](c3ccccc3)(c3ccccc3)C(C)(C)C)[C@H](O)[C@H](O[Si](c3ccccc3)(c3ccccc3)C(C)(C)C)[C@H]2O)[C@H](O)[C@H]1NC(C)=O. The molecule has 15 heteroatoms. The second-order valence-corrected chi connectivity index (χ2v) is 37.1. The van der Waals surface area contributed by atoms with Gasteiger partial charge in [-0.1, -0.05) is 250 Å². The zero-order valence-electron chi connectivity index (χ0n) is 48.1. The predicted molar refractivity (Wildman–Crippen MR) is 324 cm³/mol. The number of aliphatic hydroxyl groups excluding tert-OH is 3. The summed E-state index contributed by atoms with van der Waals surface area (Å²) < 4.78 is 49.9. The molecule has 6 aromatic carbocycles. The standard InChI is InChI=1S/C65H83NO11Si3/c1-12-43-71-61-55(66-46(2)67)57(69)59(54(75-61)45-73-79(64(6,7)8,49-35-23-15-24-36-49)50-37-25-16-26-38-50)76-62-58(70)60(77-80(65(9,10)11,51-39-27-17-28-40-51)52-41-29-18-30-42-52)56(68)53(74-62)44-72-78(63(3,4)5,47-31-19-13-20-32-47)48-33-21-14-22-34-48/h12-42,53-62,68-70H,1,43-45H2,2-11H3,(H,66,67)/t53-,54-,55-,56+,57-,58-,59-,60+,61-,62+/m1/s1. The second-order valence-electron chi connectivity index (χ2n) is 24.2. The van der Waals surface area contributed by atoms with Gasteiger partial charge in [0.2, 0.25) is 5.91 Å². The number of rotatable bonds is 20. The van der Waals surface area contributed by atoms with E-state index in [2.05, 4.69) is 147 Å². The molecule has 1 amide bonds. The molecule has 0 aromatic heterocycles. The minimum absolute atomic E-state index is 0.0396. The first-order chi connectivity index (χ1) is 38.1. The van der Waals surface area contributed by atoms with Crippen LogP contribution in [-0.4, -0.2) is 127 Å². The Morgan fingerprint density at radius 3 is 1.18 bits per heavy atom. The normalized spacial score (nSPS) is 24.2. The molecule has 0 unspecified atom stereocenters. The van der Waals surface area contributed by atoms with Gasteiger partial charge in [-0.3, -0.25) is 4.79 Å². The number of hydrogen-bond donors (Lipinski definition) is 4. The Morgan fingerprint density at radius 2 is 0.838 bits per heavy atom. The molecule has 0 aliphatic carbocycles. The quantitative estimate of drug-likeness (QED) is 0.0477. The van der Waals surface area contributed by atoms with Gasteiger partial charge in [-0.2, -0.15) is 0 Å². The summed E-state index contributed by atoms with van der Waals surface area (Å²) in [5.74, 6) is -0.443. The zero-order chi connectivity index (χ0) is 57.5. The van der Waals surface area contributed by atoms with Gasteiger partial charge < -0.3 is 52.9 Å². The highest BCUT2D eigenvalue weighted by atomic mass is 28.4. The van der Waals surface area contributed by atoms with E-state index in [0.29, 0.717) is 0 Å². The van der Waals surface area contributed by atoms with Crippen LogP contribution >= 0.6 is 0 Å². The van der Waals surface area contributed by atoms with Crippen molar-refractivity contribution in [1.82, 2.24) is 5.32 Å². The second kappa shape index (κ2) is 25.5. The van der Waals surface area contributed by atoms with E-state index in [4.69, 9.17) is 32.2 Å². The summed E-state index contributed by atoms with van der Waals surface area (Å²) in [6.07, 6.45) is -10.9. The van der Waals surface area contributed by atoms with Gasteiger partial charge in [-0.25, -0.2) is 0 Å². The van der Waals surface area contributed by atoms with Gasteiger partial charge in [0.05, 0.1) is 19.8 Å². The summed E-state index contributed by atoms with van der Waals surface area (Å²) in [5, 5.41) is 46.6. The van der Waals surface area contributed by atoms with Crippen molar-refractivity contribution in [3.63, 3.8) is 0 Å². The Morgan fingerprint density at radius 1 is 0.500 bits per heavy atom. The zero-order valence-corrected chi connectivity index (χ0v) is 51.1. The van der Waals surface area contributed by atoms with E-state index in [9.17, 15) is 20.1 Å². The molecule has 8 rings (SSSR count). The lowest BCUT2D eigenvalue weighted by Crippen LogP contribution is -2.73. The van der Waals surface area contributed by atoms with Crippen LogP contribution in [0.1, 0.15) is 69.2 Å². The summed E-state index contributed by atoms with van der Waals surface area (Å²) in [6, 6.07) is 59.7. The van der Waals surface area contributed by atoms with Crippen LogP contribution in [0.4, 0.5) is 0 Å². The minimum atomic E-state index is -3.55. The number of nitrogens with one attached hydrogen (secondary N) is 1. The molecule has 2 aliphatic rings. The molecule has 4 N–H and O–H groups in total. The number of aliphatic hydroxyl groups is 3. The van der Waals surface area contributed by atoms with Crippen molar-refractivity contribution in [3.8, 4) is 0 Å². The third kappa shape index (κ3) is 12.3. The summed E-state index contributed by atoms with van der Waals surface area (Å²) in [6.45, 7) is 24.4. The molecule has 2 fully saturated rings. The third-order valence-corrected chi connectivity index (χ3v) is 30.9. The molecule has 0 radical (unpaired) electrons. The number of hydrogen-bond acceptors (Lipinski definition) is 11. The van der Waals surface area contributed by atoms with E-state index < -0.39 is 107 Å². The van der Waals surface area contributed by atoms with Gasteiger partial charge >= 0.3 is 0 Å². The van der Waals surface area contributed by atoms with Crippen molar-refractivity contribution < 1.29 is 52.3 Å². The number of carbonyl (C=O) groups excluding carboxylic acids is 1. The van der Waals surface area contributed by atoms with E-state index in [1.54, 1.807) is 6.08 Å². The minimum Gasteiger partial charge on any atom is -0.405 e. The third-order valence-electron chi connectivity index (χ3n) is 15.8. The Hall–Kier alpha value is -5.22. The van der Waals surface area contributed by atoms with Crippen LogP contribution in [0.5, 0.6) is 0 Å². The van der Waals surface area contributed by atoms with Gasteiger partial charge in [-0.15, -0.1) is 6.58 Å². The Bertz CT molecular complexity index is 2770. The van der Waals surface area contributed by atoms with Crippen LogP contribution in [-0.2, 0) is 37.0 Å². The van der Waals surface area contributed by atoms with Gasteiger partial charge in [0.15, 0.2) is 12.6 Å². The molecule has 2 saturated heterocycles. The lowest BCUT2D eigenvalue weighted by Gasteiger charge is -2.52. The average Bonchev–Trinajstić information content (AvgIpc) is 3.55. The van der Waals surface area contributed by atoms with Crippen LogP contribution in [0, 0.1) is 0 Å². The maximum Gasteiger partial charge on any atom is 0.261 e. The lowest BCUT2D eigenvalue weighted by molar-refractivity contribution is -0.345.